The minimum absolute atomic E-state index is 0.0576. The number of anilines is 1. The van der Waals surface area contributed by atoms with Crippen molar-refractivity contribution in [2.75, 3.05) is 11.9 Å². The summed E-state index contributed by atoms with van der Waals surface area (Å²) in [7, 11) is 0. The molecule has 3 nitrogen and oxygen atoms in total. The molecule has 0 atom stereocenters. The van der Waals surface area contributed by atoms with Gasteiger partial charge in [0, 0.05) is 16.8 Å². The SMILES string of the molecule is CCc1ncnc(NCC(C)(C)c2cccs2)c1F. The topological polar surface area (TPSA) is 37.8 Å². The van der Waals surface area contributed by atoms with Crippen molar-refractivity contribution in [1.82, 2.24) is 9.97 Å². The van der Waals surface area contributed by atoms with Crippen LogP contribution < -0.4 is 5.32 Å². The lowest BCUT2D eigenvalue weighted by atomic mass is 9.91. The van der Waals surface area contributed by atoms with Gasteiger partial charge in [-0.3, -0.25) is 0 Å². The Hall–Kier alpha value is -1.49. The summed E-state index contributed by atoms with van der Waals surface area (Å²) in [5.41, 5.74) is 0.393. The smallest absolute Gasteiger partial charge is 0.186 e. The quantitative estimate of drug-likeness (QED) is 0.908. The molecule has 2 heterocycles. The second kappa shape index (κ2) is 5.65. The maximum atomic E-state index is 14.0. The average molecular weight is 279 g/mol. The van der Waals surface area contributed by atoms with Crippen LogP contribution in [-0.2, 0) is 11.8 Å². The normalized spacial score (nSPS) is 11.6. The van der Waals surface area contributed by atoms with Crippen LogP contribution in [0.15, 0.2) is 23.8 Å². The fraction of sp³-hybridized carbons (Fsp3) is 0.429. The Balaban J connectivity index is 2.11. The molecule has 2 aromatic heterocycles. The molecular formula is C14H18FN3S. The molecule has 0 unspecified atom stereocenters. The zero-order valence-corrected chi connectivity index (χ0v) is 12.2. The Morgan fingerprint density at radius 3 is 2.79 bits per heavy atom. The van der Waals surface area contributed by atoms with E-state index in [0.717, 1.165) is 0 Å². The van der Waals surface area contributed by atoms with E-state index in [-0.39, 0.29) is 17.1 Å². The third kappa shape index (κ3) is 3.10. The van der Waals surface area contributed by atoms with Crippen molar-refractivity contribution in [3.63, 3.8) is 0 Å². The third-order valence-electron chi connectivity index (χ3n) is 3.08. The Bertz CT molecular complexity index is 538. The monoisotopic (exact) mass is 279 g/mol. The summed E-state index contributed by atoms with van der Waals surface area (Å²) >= 11 is 1.71. The number of aromatic nitrogens is 2. The second-order valence-corrected chi connectivity index (χ2v) is 6.00. The number of rotatable bonds is 5. The summed E-state index contributed by atoms with van der Waals surface area (Å²) in [5.74, 6) is -0.0524. The molecule has 5 heteroatoms. The van der Waals surface area contributed by atoms with Gasteiger partial charge >= 0.3 is 0 Å². The lowest BCUT2D eigenvalue weighted by Crippen LogP contribution is -2.27. The van der Waals surface area contributed by atoms with Gasteiger partial charge in [-0.25, -0.2) is 14.4 Å². The third-order valence-corrected chi connectivity index (χ3v) is 4.32. The van der Waals surface area contributed by atoms with Crippen LogP contribution in [0.1, 0.15) is 31.3 Å². The van der Waals surface area contributed by atoms with Gasteiger partial charge in [0.15, 0.2) is 11.6 Å². The molecule has 1 N–H and O–H groups in total. The highest BCUT2D eigenvalue weighted by Crippen LogP contribution is 2.28. The highest BCUT2D eigenvalue weighted by Gasteiger charge is 2.22. The number of hydrogen-bond acceptors (Lipinski definition) is 4. The zero-order chi connectivity index (χ0) is 13.9. The van der Waals surface area contributed by atoms with Gasteiger partial charge in [-0.1, -0.05) is 26.8 Å². The summed E-state index contributed by atoms with van der Waals surface area (Å²) in [4.78, 5) is 9.17. The van der Waals surface area contributed by atoms with Crippen LogP contribution in [0.25, 0.3) is 0 Å². The fourth-order valence-electron chi connectivity index (χ4n) is 1.83. The predicted octanol–water partition coefficient (Wildman–Crippen LogP) is 3.63. The van der Waals surface area contributed by atoms with E-state index in [2.05, 4.69) is 40.6 Å². The lowest BCUT2D eigenvalue weighted by Gasteiger charge is -2.24. The van der Waals surface area contributed by atoms with E-state index in [1.54, 1.807) is 11.3 Å². The molecular weight excluding hydrogens is 261 g/mol. The van der Waals surface area contributed by atoms with E-state index in [0.29, 0.717) is 18.7 Å². The molecule has 0 aliphatic rings. The van der Waals surface area contributed by atoms with Crippen LogP contribution in [-0.4, -0.2) is 16.5 Å². The molecule has 0 saturated heterocycles. The molecule has 0 spiro atoms. The number of nitrogens with zero attached hydrogens (tertiary/aromatic N) is 2. The van der Waals surface area contributed by atoms with Crippen LogP contribution in [0.2, 0.25) is 0 Å². The van der Waals surface area contributed by atoms with Gasteiger partial charge in [0.2, 0.25) is 0 Å². The number of nitrogens with one attached hydrogen (secondary N) is 1. The van der Waals surface area contributed by atoms with Crippen LogP contribution in [0.4, 0.5) is 10.2 Å². The lowest BCUT2D eigenvalue weighted by molar-refractivity contribution is 0.557. The summed E-state index contributed by atoms with van der Waals surface area (Å²) in [6, 6.07) is 4.13. The molecule has 19 heavy (non-hydrogen) atoms. The maximum Gasteiger partial charge on any atom is 0.186 e. The van der Waals surface area contributed by atoms with Gasteiger partial charge in [0.05, 0.1) is 5.69 Å². The number of thiophene rings is 1. The summed E-state index contributed by atoms with van der Waals surface area (Å²) in [6.07, 6.45) is 1.97. The first-order chi connectivity index (χ1) is 9.04. The van der Waals surface area contributed by atoms with E-state index in [4.69, 9.17) is 0 Å². The Kier molecular flexibility index (Phi) is 4.14. The van der Waals surface area contributed by atoms with E-state index in [9.17, 15) is 4.39 Å². The van der Waals surface area contributed by atoms with Gasteiger partial charge in [0.25, 0.3) is 0 Å². The van der Waals surface area contributed by atoms with Gasteiger partial charge in [-0.05, 0) is 17.9 Å². The summed E-state index contributed by atoms with van der Waals surface area (Å²) in [6.45, 7) is 6.77. The first-order valence-corrected chi connectivity index (χ1v) is 7.20. The van der Waals surface area contributed by atoms with Crippen molar-refractivity contribution in [3.8, 4) is 0 Å². The Labute approximate surface area is 116 Å². The first kappa shape index (κ1) is 13.9. The van der Waals surface area contributed by atoms with Crippen molar-refractivity contribution < 1.29 is 4.39 Å². The highest BCUT2D eigenvalue weighted by atomic mass is 32.1. The van der Waals surface area contributed by atoms with Crippen molar-refractivity contribution in [2.24, 2.45) is 0 Å². The standard InChI is InChI=1S/C14H18FN3S/c1-4-10-12(15)13(18-9-17-10)16-8-14(2,3)11-6-5-7-19-11/h5-7,9H,4,8H2,1-3H3,(H,16,17,18). The minimum atomic E-state index is -0.341. The van der Waals surface area contributed by atoms with E-state index >= 15 is 0 Å². The van der Waals surface area contributed by atoms with E-state index in [1.807, 2.05) is 13.0 Å². The highest BCUT2D eigenvalue weighted by molar-refractivity contribution is 7.10. The average Bonchev–Trinajstić information content (AvgIpc) is 2.92. The molecule has 0 radical (unpaired) electrons. The molecule has 2 aromatic rings. The van der Waals surface area contributed by atoms with Crippen LogP contribution in [0.5, 0.6) is 0 Å². The van der Waals surface area contributed by atoms with E-state index < -0.39 is 0 Å². The van der Waals surface area contributed by atoms with Crippen LogP contribution in [0, 0.1) is 5.82 Å². The minimum Gasteiger partial charge on any atom is -0.367 e. The zero-order valence-electron chi connectivity index (χ0n) is 11.4. The maximum absolute atomic E-state index is 14.0. The number of halogens is 1. The van der Waals surface area contributed by atoms with Crippen molar-refractivity contribution in [1.29, 1.82) is 0 Å². The van der Waals surface area contributed by atoms with Crippen molar-refractivity contribution in [3.05, 3.63) is 40.2 Å². The molecule has 0 amide bonds. The molecule has 0 bridgehead atoms. The van der Waals surface area contributed by atoms with E-state index in [1.165, 1.54) is 11.2 Å². The number of hydrogen-bond donors (Lipinski definition) is 1. The number of aryl methyl sites for hydroxylation is 1. The fourth-order valence-corrected chi connectivity index (χ4v) is 2.68. The van der Waals surface area contributed by atoms with Gasteiger partial charge < -0.3 is 5.32 Å². The van der Waals surface area contributed by atoms with Crippen LogP contribution >= 0.6 is 11.3 Å². The predicted molar refractivity (Wildman–Crippen MR) is 77.2 cm³/mol. The van der Waals surface area contributed by atoms with Crippen molar-refractivity contribution >= 4 is 17.2 Å². The van der Waals surface area contributed by atoms with Gasteiger partial charge in [-0.15, -0.1) is 11.3 Å². The van der Waals surface area contributed by atoms with Crippen LogP contribution in [0.3, 0.4) is 0 Å². The molecule has 0 aliphatic carbocycles. The molecule has 0 aliphatic heterocycles. The van der Waals surface area contributed by atoms with Crippen molar-refractivity contribution in [2.45, 2.75) is 32.6 Å². The molecule has 0 saturated carbocycles. The Morgan fingerprint density at radius 1 is 1.37 bits per heavy atom. The summed E-state index contributed by atoms with van der Waals surface area (Å²) in [5, 5.41) is 5.15. The Morgan fingerprint density at radius 2 is 2.16 bits per heavy atom. The first-order valence-electron chi connectivity index (χ1n) is 6.32. The second-order valence-electron chi connectivity index (χ2n) is 5.05. The molecule has 102 valence electrons. The molecule has 0 fully saturated rings. The molecule has 0 aromatic carbocycles. The summed E-state index contributed by atoms with van der Waals surface area (Å²) < 4.78 is 14.0. The van der Waals surface area contributed by atoms with Gasteiger partial charge in [0.1, 0.15) is 6.33 Å². The largest absolute Gasteiger partial charge is 0.367 e. The van der Waals surface area contributed by atoms with Gasteiger partial charge in [-0.2, -0.15) is 0 Å². The molecule has 2 rings (SSSR count).